The van der Waals surface area contributed by atoms with Gasteiger partial charge in [-0.2, -0.15) is 0 Å². The molecule has 1 amide bonds. The summed E-state index contributed by atoms with van der Waals surface area (Å²) in [5, 5.41) is 2.54. The summed E-state index contributed by atoms with van der Waals surface area (Å²) in [6.07, 6.45) is -0.352. The van der Waals surface area contributed by atoms with E-state index in [4.69, 9.17) is 4.74 Å². The summed E-state index contributed by atoms with van der Waals surface area (Å²) in [7, 11) is 0. The zero-order valence-electron chi connectivity index (χ0n) is 7.52. The van der Waals surface area contributed by atoms with Gasteiger partial charge >= 0.3 is 6.09 Å². The fraction of sp³-hybridized carbons (Fsp3) is 0.857. The van der Waals surface area contributed by atoms with Gasteiger partial charge in [0.2, 0.25) is 0 Å². The van der Waals surface area contributed by atoms with Crippen molar-refractivity contribution in [1.82, 2.24) is 5.32 Å². The van der Waals surface area contributed by atoms with Crippen molar-refractivity contribution in [1.29, 1.82) is 0 Å². The summed E-state index contributed by atoms with van der Waals surface area (Å²) in [5.74, 6) is 0. The molecule has 0 aromatic heterocycles. The van der Waals surface area contributed by atoms with Crippen molar-refractivity contribution in [2.45, 2.75) is 33.3 Å². The SMILES string of the molecule is CCNC(=O)OC(C)(C)C.O. The Kier molecular flexibility index (Phi) is 5.80. The number of carbonyl (C=O) groups is 1. The summed E-state index contributed by atoms with van der Waals surface area (Å²) in [6, 6.07) is 0. The van der Waals surface area contributed by atoms with Crippen molar-refractivity contribution in [3.8, 4) is 0 Å². The van der Waals surface area contributed by atoms with Gasteiger partial charge < -0.3 is 15.5 Å². The average molecular weight is 163 g/mol. The van der Waals surface area contributed by atoms with Crippen LogP contribution in [0.25, 0.3) is 0 Å². The highest BCUT2D eigenvalue weighted by Gasteiger charge is 2.14. The topological polar surface area (TPSA) is 69.8 Å². The molecule has 0 spiro atoms. The summed E-state index contributed by atoms with van der Waals surface area (Å²) < 4.78 is 4.93. The molecular formula is C7H17NO3. The lowest BCUT2D eigenvalue weighted by Crippen LogP contribution is -2.32. The van der Waals surface area contributed by atoms with Gasteiger partial charge in [-0.3, -0.25) is 0 Å². The number of hydrogen-bond donors (Lipinski definition) is 1. The van der Waals surface area contributed by atoms with Crippen molar-refractivity contribution in [2.24, 2.45) is 0 Å². The number of amides is 1. The fourth-order valence-corrected chi connectivity index (χ4v) is 0.459. The van der Waals surface area contributed by atoms with Crippen LogP contribution in [-0.4, -0.2) is 23.7 Å². The minimum absolute atomic E-state index is 0. The molecule has 11 heavy (non-hydrogen) atoms. The third-order valence-electron chi connectivity index (χ3n) is 0.720. The standard InChI is InChI=1S/C7H15NO2.H2O/c1-5-8-6(9)10-7(2,3)4;/h5H2,1-4H3,(H,8,9);1H2. The molecule has 0 saturated carbocycles. The van der Waals surface area contributed by atoms with Crippen LogP contribution in [0.5, 0.6) is 0 Å². The average Bonchev–Trinajstić information content (AvgIpc) is 1.59. The number of carbonyl (C=O) groups excluding carboxylic acids is 1. The Bertz CT molecular complexity index is 117. The van der Waals surface area contributed by atoms with E-state index in [1.54, 1.807) is 0 Å². The van der Waals surface area contributed by atoms with Crippen LogP contribution in [0.3, 0.4) is 0 Å². The van der Waals surface area contributed by atoms with Gasteiger partial charge in [-0.05, 0) is 27.7 Å². The normalized spacial score (nSPS) is 9.82. The molecule has 4 heteroatoms. The quantitative estimate of drug-likeness (QED) is 0.618. The summed E-state index contributed by atoms with van der Waals surface area (Å²) in [5.41, 5.74) is -0.390. The highest BCUT2D eigenvalue weighted by Crippen LogP contribution is 2.05. The van der Waals surface area contributed by atoms with Crippen molar-refractivity contribution in [3.05, 3.63) is 0 Å². The molecule has 0 fully saturated rings. The molecule has 0 aliphatic rings. The number of alkyl carbamates (subject to hydrolysis) is 1. The van der Waals surface area contributed by atoms with Gasteiger partial charge in [0.1, 0.15) is 5.60 Å². The van der Waals surface area contributed by atoms with Crippen molar-refractivity contribution in [3.63, 3.8) is 0 Å². The first-order valence-electron chi connectivity index (χ1n) is 3.42. The van der Waals surface area contributed by atoms with Crippen LogP contribution in [0, 0.1) is 0 Å². The summed E-state index contributed by atoms with van der Waals surface area (Å²) in [4.78, 5) is 10.7. The molecular weight excluding hydrogens is 146 g/mol. The van der Waals surface area contributed by atoms with Crippen LogP contribution in [0.1, 0.15) is 27.7 Å². The molecule has 3 N–H and O–H groups in total. The molecule has 0 bridgehead atoms. The first-order chi connectivity index (χ1) is 4.45. The number of rotatable bonds is 1. The van der Waals surface area contributed by atoms with Crippen LogP contribution in [-0.2, 0) is 4.74 Å². The summed E-state index contributed by atoms with van der Waals surface area (Å²) >= 11 is 0. The predicted molar refractivity (Wildman–Crippen MR) is 43.5 cm³/mol. The smallest absolute Gasteiger partial charge is 0.407 e. The third-order valence-corrected chi connectivity index (χ3v) is 0.720. The van der Waals surface area contributed by atoms with Crippen LogP contribution in [0.2, 0.25) is 0 Å². The lowest BCUT2D eigenvalue weighted by Gasteiger charge is -2.19. The fourth-order valence-electron chi connectivity index (χ4n) is 0.459. The largest absolute Gasteiger partial charge is 0.444 e. The molecule has 0 saturated heterocycles. The molecule has 0 radical (unpaired) electrons. The van der Waals surface area contributed by atoms with E-state index in [2.05, 4.69) is 5.32 Å². The van der Waals surface area contributed by atoms with Crippen LogP contribution in [0.4, 0.5) is 4.79 Å². The number of nitrogens with one attached hydrogen (secondary N) is 1. The van der Waals surface area contributed by atoms with Gasteiger partial charge in [0.25, 0.3) is 0 Å². The minimum atomic E-state index is -0.390. The molecule has 0 heterocycles. The maximum atomic E-state index is 10.7. The Morgan fingerprint density at radius 1 is 1.45 bits per heavy atom. The van der Waals surface area contributed by atoms with E-state index >= 15 is 0 Å². The Hall–Kier alpha value is -0.770. The Morgan fingerprint density at radius 2 is 1.91 bits per heavy atom. The maximum absolute atomic E-state index is 10.7. The Labute approximate surface area is 67.2 Å². The minimum Gasteiger partial charge on any atom is -0.444 e. The van der Waals surface area contributed by atoms with Crippen LogP contribution >= 0.6 is 0 Å². The Morgan fingerprint density at radius 3 is 2.18 bits per heavy atom. The van der Waals surface area contributed by atoms with E-state index in [-0.39, 0.29) is 17.2 Å². The molecule has 0 atom stereocenters. The summed E-state index contributed by atoms with van der Waals surface area (Å²) in [6.45, 7) is 7.96. The van der Waals surface area contributed by atoms with Crippen LogP contribution < -0.4 is 5.32 Å². The highest BCUT2D eigenvalue weighted by atomic mass is 16.6. The molecule has 0 aromatic rings. The number of ether oxygens (including phenoxy) is 1. The second-order valence-corrected chi connectivity index (χ2v) is 3.03. The van der Waals surface area contributed by atoms with E-state index in [1.165, 1.54) is 0 Å². The van der Waals surface area contributed by atoms with E-state index in [0.29, 0.717) is 6.54 Å². The van der Waals surface area contributed by atoms with Crippen LogP contribution in [0.15, 0.2) is 0 Å². The lowest BCUT2D eigenvalue weighted by atomic mass is 10.2. The monoisotopic (exact) mass is 163 g/mol. The highest BCUT2D eigenvalue weighted by molar-refractivity contribution is 5.67. The van der Waals surface area contributed by atoms with E-state index in [1.807, 2.05) is 27.7 Å². The molecule has 0 unspecified atom stereocenters. The van der Waals surface area contributed by atoms with E-state index in [9.17, 15) is 4.79 Å². The molecule has 68 valence electrons. The third kappa shape index (κ3) is 9.23. The number of hydrogen-bond acceptors (Lipinski definition) is 2. The van der Waals surface area contributed by atoms with Crippen molar-refractivity contribution >= 4 is 6.09 Å². The van der Waals surface area contributed by atoms with Gasteiger partial charge in [0.15, 0.2) is 0 Å². The van der Waals surface area contributed by atoms with Gasteiger partial charge in [-0.1, -0.05) is 0 Å². The predicted octanol–water partition coefficient (Wildman–Crippen LogP) is 0.706. The van der Waals surface area contributed by atoms with Gasteiger partial charge in [-0.25, -0.2) is 4.79 Å². The second-order valence-electron chi connectivity index (χ2n) is 3.03. The lowest BCUT2D eigenvalue weighted by molar-refractivity contribution is 0.0531. The molecule has 4 nitrogen and oxygen atoms in total. The van der Waals surface area contributed by atoms with Gasteiger partial charge in [0, 0.05) is 6.54 Å². The molecule has 0 aliphatic carbocycles. The van der Waals surface area contributed by atoms with Gasteiger partial charge in [-0.15, -0.1) is 0 Å². The second kappa shape index (κ2) is 4.96. The first kappa shape index (κ1) is 12.9. The van der Waals surface area contributed by atoms with E-state index in [0.717, 1.165) is 0 Å². The van der Waals surface area contributed by atoms with Crippen molar-refractivity contribution in [2.75, 3.05) is 6.54 Å². The molecule has 0 aromatic carbocycles. The van der Waals surface area contributed by atoms with Crippen molar-refractivity contribution < 1.29 is 15.0 Å². The van der Waals surface area contributed by atoms with Gasteiger partial charge in [0.05, 0.1) is 0 Å². The first-order valence-corrected chi connectivity index (χ1v) is 3.42. The maximum Gasteiger partial charge on any atom is 0.407 e. The Balaban J connectivity index is 0. The molecule has 0 rings (SSSR count). The zero-order valence-corrected chi connectivity index (χ0v) is 7.52. The zero-order chi connectivity index (χ0) is 8.20. The van der Waals surface area contributed by atoms with E-state index < -0.39 is 0 Å². The molecule has 0 aliphatic heterocycles.